The average molecular weight is 249 g/mol. The maximum atomic E-state index is 11.7. The Balaban J connectivity index is 1.72. The van der Waals surface area contributed by atoms with Crippen LogP contribution in [-0.4, -0.2) is 23.7 Å². The van der Waals surface area contributed by atoms with Crippen LogP contribution in [0.15, 0.2) is 24.3 Å². The number of aliphatic hydroxyl groups excluding tert-OH is 1. The highest BCUT2D eigenvalue weighted by Gasteiger charge is 2.19. The van der Waals surface area contributed by atoms with Crippen LogP contribution in [0.3, 0.4) is 0 Å². The zero-order valence-electron chi connectivity index (χ0n) is 10.8. The van der Waals surface area contributed by atoms with Crippen LogP contribution in [0.25, 0.3) is 0 Å². The zero-order chi connectivity index (χ0) is 12.8. The molecule has 2 atom stereocenters. The van der Waals surface area contributed by atoms with E-state index in [0.29, 0.717) is 5.92 Å². The van der Waals surface area contributed by atoms with Gasteiger partial charge in [0, 0.05) is 18.6 Å². The number of hydrogen-bond donors (Lipinski definition) is 2. The number of nitrogens with one attached hydrogen (secondary N) is 1. The highest BCUT2D eigenvalue weighted by molar-refractivity contribution is 5.87. The number of rotatable bonds is 4. The van der Waals surface area contributed by atoms with Gasteiger partial charge < -0.3 is 10.4 Å². The van der Waals surface area contributed by atoms with Crippen LogP contribution in [0, 0.1) is 11.8 Å². The van der Waals surface area contributed by atoms with Crippen molar-refractivity contribution in [3.05, 3.63) is 24.3 Å². The lowest BCUT2D eigenvalue weighted by Gasteiger charge is -2.17. The van der Waals surface area contributed by atoms with Crippen LogP contribution in [0.2, 0.25) is 0 Å². The third-order valence-corrected chi connectivity index (χ3v) is 3.90. The molecule has 0 aromatic heterocycles. The van der Waals surface area contributed by atoms with Crippen molar-refractivity contribution in [2.24, 2.45) is 11.8 Å². The smallest absolute Gasteiger partial charge is 0.244 e. The molecule has 3 heteroatoms. The summed E-state index contributed by atoms with van der Waals surface area (Å²) >= 11 is 0. The van der Waals surface area contributed by atoms with E-state index in [9.17, 15) is 4.79 Å². The van der Waals surface area contributed by atoms with Crippen molar-refractivity contribution < 1.29 is 9.90 Å². The van der Waals surface area contributed by atoms with Crippen LogP contribution in [0.4, 0.5) is 0 Å². The second-order valence-electron chi connectivity index (χ2n) is 5.44. The first-order valence-corrected chi connectivity index (χ1v) is 7.06. The highest BCUT2D eigenvalue weighted by Crippen LogP contribution is 2.24. The first kappa shape index (κ1) is 13.3. The largest absolute Gasteiger partial charge is 0.396 e. The Morgan fingerprint density at radius 1 is 1.28 bits per heavy atom. The summed E-state index contributed by atoms with van der Waals surface area (Å²) < 4.78 is 0. The van der Waals surface area contributed by atoms with Crippen LogP contribution in [0.1, 0.15) is 38.5 Å². The van der Waals surface area contributed by atoms with Crippen molar-refractivity contribution in [2.75, 3.05) is 6.61 Å². The first-order valence-electron chi connectivity index (χ1n) is 7.06. The molecule has 1 saturated carbocycles. The number of carbonyl (C=O) groups is 1. The Morgan fingerprint density at radius 3 is 2.72 bits per heavy atom. The molecule has 2 rings (SSSR count). The van der Waals surface area contributed by atoms with Crippen LogP contribution >= 0.6 is 0 Å². The van der Waals surface area contributed by atoms with E-state index >= 15 is 0 Å². The summed E-state index contributed by atoms with van der Waals surface area (Å²) in [4.78, 5) is 11.7. The van der Waals surface area contributed by atoms with Gasteiger partial charge in [0.25, 0.3) is 0 Å². The number of amides is 1. The second kappa shape index (κ2) is 6.74. The maximum absolute atomic E-state index is 11.7. The summed E-state index contributed by atoms with van der Waals surface area (Å²) in [7, 11) is 0. The van der Waals surface area contributed by atoms with Gasteiger partial charge in [0.15, 0.2) is 0 Å². The third-order valence-electron chi connectivity index (χ3n) is 3.90. The van der Waals surface area contributed by atoms with Gasteiger partial charge in [-0.3, -0.25) is 4.79 Å². The maximum Gasteiger partial charge on any atom is 0.244 e. The number of aliphatic hydroxyl groups is 1. The van der Waals surface area contributed by atoms with Gasteiger partial charge in [-0.2, -0.15) is 0 Å². The molecule has 0 aliphatic heterocycles. The molecule has 0 aromatic rings. The lowest BCUT2D eigenvalue weighted by Crippen LogP contribution is -2.31. The molecule has 18 heavy (non-hydrogen) atoms. The standard InChI is InChI=1S/C15H23NO2/c17-11-13-6-8-14(10-13)16-15(18)9-7-12-4-2-1-3-5-12/h6-9,12-14,17H,1-5,10-11H2,(H,16,18)/b9-7+/t13-,14+/m0/s1. The third kappa shape index (κ3) is 3.98. The van der Waals surface area contributed by atoms with E-state index in [0.717, 1.165) is 6.42 Å². The number of allylic oxidation sites excluding steroid dienone is 1. The summed E-state index contributed by atoms with van der Waals surface area (Å²) in [6.45, 7) is 0.167. The molecule has 100 valence electrons. The van der Waals surface area contributed by atoms with Gasteiger partial charge in [-0.25, -0.2) is 0 Å². The van der Waals surface area contributed by atoms with Crippen LogP contribution < -0.4 is 5.32 Å². The monoisotopic (exact) mass is 249 g/mol. The predicted octanol–water partition coefficient (Wildman–Crippen LogP) is 2.18. The molecule has 2 aliphatic rings. The predicted molar refractivity (Wildman–Crippen MR) is 72.0 cm³/mol. The minimum absolute atomic E-state index is 0.00573. The SMILES string of the molecule is O=C(/C=C/C1CCCCC1)N[C@@H]1C=C[C@H](CO)C1. The normalized spacial score (nSPS) is 28.9. The van der Waals surface area contributed by atoms with Gasteiger partial charge >= 0.3 is 0 Å². The van der Waals surface area contributed by atoms with Crippen molar-refractivity contribution in [1.82, 2.24) is 5.32 Å². The molecule has 2 aliphatic carbocycles. The Morgan fingerprint density at radius 2 is 2.06 bits per heavy atom. The van der Waals surface area contributed by atoms with E-state index in [1.807, 2.05) is 12.2 Å². The Hall–Kier alpha value is -1.09. The van der Waals surface area contributed by atoms with Gasteiger partial charge in [-0.1, -0.05) is 37.5 Å². The summed E-state index contributed by atoms with van der Waals surface area (Å²) in [5.41, 5.74) is 0. The fourth-order valence-electron chi connectivity index (χ4n) is 2.80. The van der Waals surface area contributed by atoms with Crippen molar-refractivity contribution in [3.63, 3.8) is 0 Å². The van der Waals surface area contributed by atoms with E-state index < -0.39 is 0 Å². The average Bonchev–Trinajstić information content (AvgIpc) is 2.85. The molecule has 3 nitrogen and oxygen atoms in total. The zero-order valence-corrected chi connectivity index (χ0v) is 10.8. The summed E-state index contributed by atoms with van der Waals surface area (Å²) in [6, 6.07) is 0.0886. The molecule has 1 amide bonds. The van der Waals surface area contributed by atoms with E-state index in [1.54, 1.807) is 6.08 Å². The van der Waals surface area contributed by atoms with Gasteiger partial charge in [0.2, 0.25) is 5.91 Å². The highest BCUT2D eigenvalue weighted by atomic mass is 16.3. The van der Waals surface area contributed by atoms with E-state index in [4.69, 9.17) is 5.11 Å². The molecule has 0 saturated heterocycles. The molecular formula is C15H23NO2. The molecule has 0 radical (unpaired) electrons. The molecule has 0 spiro atoms. The number of hydrogen-bond acceptors (Lipinski definition) is 2. The summed E-state index contributed by atoms with van der Waals surface area (Å²) in [6.07, 6.45) is 14.9. The minimum atomic E-state index is -0.00573. The van der Waals surface area contributed by atoms with Gasteiger partial charge in [-0.15, -0.1) is 0 Å². The van der Waals surface area contributed by atoms with Crippen molar-refractivity contribution in [2.45, 2.75) is 44.6 Å². The van der Waals surface area contributed by atoms with Gasteiger partial charge in [0.05, 0.1) is 0 Å². The fraction of sp³-hybridized carbons (Fsp3) is 0.667. The lowest BCUT2D eigenvalue weighted by molar-refractivity contribution is -0.117. The Bertz CT molecular complexity index is 329. The van der Waals surface area contributed by atoms with Crippen LogP contribution in [0.5, 0.6) is 0 Å². The van der Waals surface area contributed by atoms with E-state index in [1.165, 1.54) is 32.1 Å². The van der Waals surface area contributed by atoms with Gasteiger partial charge in [0.1, 0.15) is 0 Å². The summed E-state index contributed by atoms with van der Waals surface area (Å²) in [5.74, 6) is 0.792. The molecule has 0 bridgehead atoms. The Labute approximate surface area is 109 Å². The van der Waals surface area contributed by atoms with E-state index in [2.05, 4.69) is 11.4 Å². The van der Waals surface area contributed by atoms with Crippen molar-refractivity contribution in [1.29, 1.82) is 0 Å². The second-order valence-corrected chi connectivity index (χ2v) is 5.44. The fourth-order valence-corrected chi connectivity index (χ4v) is 2.80. The lowest BCUT2D eigenvalue weighted by atomic mass is 9.89. The molecule has 2 N–H and O–H groups in total. The molecule has 0 aromatic carbocycles. The topological polar surface area (TPSA) is 49.3 Å². The molecular weight excluding hydrogens is 226 g/mol. The first-order chi connectivity index (χ1) is 8.78. The number of carbonyl (C=O) groups excluding carboxylic acids is 1. The van der Waals surface area contributed by atoms with E-state index in [-0.39, 0.29) is 24.5 Å². The minimum Gasteiger partial charge on any atom is -0.396 e. The quantitative estimate of drug-likeness (QED) is 0.592. The Kier molecular flexibility index (Phi) is 5.00. The molecule has 0 heterocycles. The van der Waals surface area contributed by atoms with Gasteiger partial charge in [-0.05, 0) is 31.3 Å². The van der Waals surface area contributed by atoms with Crippen molar-refractivity contribution >= 4 is 5.91 Å². The molecule has 1 fully saturated rings. The van der Waals surface area contributed by atoms with Crippen LogP contribution in [-0.2, 0) is 4.79 Å². The van der Waals surface area contributed by atoms with Crippen molar-refractivity contribution in [3.8, 4) is 0 Å². The molecule has 0 unspecified atom stereocenters. The summed E-state index contributed by atoms with van der Waals surface area (Å²) in [5, 5.41) is 12.0.